The van der Waals surface area contributed by atoms with Crippen LogP contribution in [0, 0.1) is 17.0 Å². The van der Waals surface area contributed by atoms with Crippen LogP contribution in [0.4, 0.5) is 17.1 Å². The molecular weight excluding hydrogens is 592 g/mol. The first-order valence-corrected chi connectivity index (χ1v) is 14.9. The third-order valence-electron chi connectivity index (χ3n) is 6.66. The van der Waals surface area contributed by atoms with Crippen molar-refractivity contribution in [3.05, 3.63) is 130 Å². The number of methoxy groups -OCH3 is 1. The number of nitro benzene ring substituents is 1. The van der Waals surface area contributed by atoms with Gasteiger partial charge in [0.25, 0.3) is 17.5 Å². The van der Waals surface area contributed by atoms with E-state index in [9.17, 15) is 24.5 Å². The molecule has 0 radical (unpaired) electrons. The van der Waals surface area contributed by atoms with Crippen LogP contribution in [0.1, 0.15) is 34.8 Å². The molecule has 3 N–H and O–H groups in total. The van der Waals surface area contributed by atoms with Gasteiger partial charge in [-0.2, -0.15) is 0 Å². The summed E-state index contributed by atoms with van der Waals surface area (Å²) in [4.78, 5) is 51.0. The van der Waals surface area contributed by atoms with E-state index >= 15 is 0 Å². The van der Waals surface area contributed by atoms with Crippen molar-refractivity contribution >= 4 is 52.6 Å². The number of nitrogens with zero attached hydrogens (tertiary/aromatic N) is 1. The average molecular weight is 625 g/mol. The Kier molecular flexibility index (Phi) is 11.1. The number of carbonyl (C=O) groups is 3. The molecule has 0 saturated carbocycles. The fourth-order valence-electron chi connectivity index (χ4n) is 4.24. The maximum Gasteiger partial charge on any atom is 0.272 e. The highest BCUT2D eigenvalue weighted by Gasteiger charge is 2.21. The number of ether oxygens (including phenoxy) is 1. The molecule has 0 aliphatic carbocycles. The van der Waals surface area contributed by atoms with Crippen LogP contribution in [0.15, 0.2) is 108 Å². The van der Waals surface area contributed by atoms with Gasteiger partial charge in [-0.25, -0.2) is 0 Å². The van der Waals surface area contributed by atoms with Gasteiger partial charge in [-0.3, -0.25) is 24.5 Å². The summed E-state index contributed by atoms with van der Waals surface area (Å²) in [5.74, 6) is -0.694. The lowest BCUT2D eigenvalue weighted by Crippen LogP contribution is -2.30. The minimum Gasteiger partial charge on any atom is -0.497 e. The number of hydrogen-bond acceptors (Lipinski definition) is 7. The molecule has 0 spiro atoms. The quantitative estimate of drug-likeness (QED) is 0.0679. The van der Waals surface area contributed by atoms with E-state index in [2.05, 4.69) is 16.0 Å². The summed E-state index contributed by atoms with van der Waals surface area (Å²) < 4.78 is 5.29. The molecule has 0 aromatic heterocycles. The molecule has 4 aromatic carbocycles. The molecule has 11 heteroatoms. The molecule has 4 rings (SSSR count). The van der Waals surface area contributed by atoms with Gasteiger partial charge in [0.15, 0.2) is 0 Å². The minimum absolute atomic E-state index is 0.0216. The number of benzene rings is 4. The van der Waals surface area contributed by atoms with E-state index in [4.69, 9.17) is 4.74 Å². The second-order valence-electron chi connectivity index (χ2n) is 9.90. The van der Waals surface area contributed by atoms with Crippen LogP contribution in [0.2, 0.25) is 0 Å². The topological polar surface area (TPSA) is 140 Å². The molecule has 0 heterocycles. The van der Waals surface area contributed by atoms with Crippen molar-refractivity contribution in [2.75, 3.05) is 17.7 Å². The summed E-state index contributed by atoms with van der Waals surface area (Å²) in [7, 11) is 1.54. The predicted molar refractivity (Wildman–Crippen MR) is 176 cm³/mol. The Labute approximate surface area is 265 Å². The minimum atomic E-state index is -0.546. The molecule has 4 aromatic rings. The maximum absolute atomic E-state index is 13.5. The summed E-state index contributed by atoms with van der Waals surface area (Å²) in [6.07, 6.45) is 2.05. The molecule has 0 aliphatic heterocycles. The first-order valence-electron chi connectivity index (χ1n) is 14.0. The average Bonchev–Trinajstić information content (AvgIpc) is 3.04. The highest BCUT2D eigenvalue weighted by Crippen LogP contribution is 2.30. The predicted octanol–water partition coefficient (Wildman–Crippen LogP) is 6.83. The summed E-state index contributed by atoms with van der Waals surface area (Å²) in [6.45, 7) is 3.63. The van der Waals surface area contributed by atoms with Crippen molar-refractivity contribution < 1.29 is 24.0 Å². The summed E-state index contributed by atoms with van der Waals surface area (Å²) in [5, 5.41) is 19.1. The van der Waals surface area contributed by atoms with E-state index in [1.807, 2.05) is 13.0 Å². The van der Waals surface area contributed by atoms with Crippen molar-refractivity contribution in [2.45, 2.75) is 30.4 Å². The molecule has 10 nitrogen and oxygen atoms in total. The highest BCUT2D eigenvalue weighted by atomic mass is 32.2. The Morgan fingerprint density at radius 1 is 0.933 bits per heavy atom. The maximum atomic E-state index is 13.5. The second-order valence-corrected chi connectivity index (χ2v) is 11.2. The Hall–Kier alpha value is -5.42. The molecule has 45 heavy (non-hydrogen) atoms. The first kappa shape index (κ1) is 32.5. The Balaban J connectivity index is 1.52. The fraction of sp³-hybridized carbons (Fsp3) is 0.147. The number of carbonyl (C=O) groups excluding carboxylic acids is 3. The van der Waals surface area contributed by atoms with Crippen molar-refractivity contribution in [1.82, 2.24) is 5.32 Å². The van der Waals surface area contributed by atoms with E-state index in [-0.39, 0.29) is 17.3 Å². The van der Waals surface area contributed by atoms with Crippen molar-refractivity contribution in [3.8, 4) is 5.75 Å². The zero-order chi connectivity index (χ0) is 32.3. The molecule has 230 valence electrons. The number of anilines is 2. The van der Waals surface area contributed by atoms with Gasteiger partial charge in [0.1, 0.15) is 11.4 Å². The van der Waals surface area contributed by atoms with Crippen molar-refractivity contribution in [3.63, 3.8) is 0 Å². The van der Waals surface area contributed by atoms with Gasteiger partial charge >= 0.3 is 0 Å². The third-order valence-corrected chi connectivity index (χ3v) is 8.01. The molecule has 3 amide bonds. The molecule has 0 saturated heterocycles. The number of aryl methyl sites for hydroxylation is 1. The Morgan fingerprint density at radius 2 is 1.69 bits per heavy atom. The Morgan fingerprint density at radius 3 is 2.40 bits per heavy atom. The standard InChI is InChI=1S/C34H32N4O6S/c1-4-31(34(41)36-29-21-26(38(42)43)17-16-22(29)2)45-28-15-9-13-25(20-28)35-33(40)30(19-23-10-8-14-27(18-23)44-3)37-32(39)24-11-6-5-7-12-24/h5-21,31H,4H2,1-3H3,(H,35,40)(H,36,41)(H,37,39)/b30-19-. The van der Waals surface area contributed by atoms with Crippen LogP contribution >= 0.6 is 11.8 Å². The second kappa shape index (κ2) is 15.3. The van der Waals surface area contributed by atoms with Gasteiger partial charge in [-0.05, 0) is 73.0 Å². The van der Waals surface area contributed by atoms with E-state index in [1.54, 1.807) is 99.0 Å². The summed E-state index contributed by atoms with van der Waals surface area (Å²) >= 11 is 1.30. The SMILES string of the molecule is CCC(Sc1cccc(NC(=O)/C(=C/c2cccc(OC)c2)NC(=O)c2ccccc2)c1)C(=O)Nc1cc([N+](=O)[O-])ccc1C. The van der Waals surface area contributed by atoms with Crippen molar-refractivity contribution in [2.24, 2.45) is 0 Å². The number of nitrogens with one attached hydrogen (secondary N) is 3. The van der Waals surface area contributed by atoms with E-state index < -0.39 is 22.0 Å². The zero-order valence-electron chi connectivity index (χ0n) is 24.9. The van der Waals surface area contributed by atoms with E-state index in [0.717, 1.165) is 4.90 Å². The molecule has 1 atom stereocenters. The smallest absolute Gasteiger partial charge is 0.272 e. The van der Waals surface area contributed by atoms with E-state index in [0.29, 0.717) is 40.2 Å². The molecular formula is C34H32N4O6S. The van der Waals surface area contributed by atoms with Crippen LogP contribution in [0.25, 0.3) is 6.08 Å². The highest BCUT2D eigenvalue weighted by molar-refractivity contribution is 8.00. The Bertz CT molecular complexity index is 1740. The van der Waals surface area contributed by atoms with Gasteiger partial charge in [-0.15, -0.1) is 11.8 Å². The van der Waals surface area contributed by atoms with Crippen molar-refractivity contribution in [1.29, 1.82) is 0 Å². The number of amides is 3. The lowest BCUT2D eigenvalue weighted by Gasteiger charge is -2.17. The van der Waals surface area contributed by atoms with Gasteiger partial charge in [0.05, 0.1) is 23.0 Å². The zero-order valence-corrected chi connectivity index (χ0v) is 25.7. The number of thioether (sulfide) groups is 1. The van der Waals surface area contributed by atoms with Gasteiger partial charge in [0, 0.05) is 28.3 Å². The van der Waals surface area contributed by atoms with E-state index in [1.165, 1.54) is 23.9 Å². The number of nitro groups is 1. The van der Waals surface area contributed by atoms with Crippen LogP contribution in [0.3, 0.4) is 0 Å². The van der Waals surface area contributed by atoms with Gasteiger partial charge in [0.2, 0.25) is 5.91 Å². The summed E-state index contributed by atoms with van der Waals surface area (Å²) in [5.41, 5.74) is 2.49. The lowest BCUT2D eigenvalue weighted by atomic mass is 10.1. The lowest BCUT2D eigenvalue weighted by molar-refractivity contribution is -0.384. The van der Waals surface area contributed by atoms with Crippen LogP contribution < -0.4 is 20.7 Å². The number of non-ortho nitro benzene ring substituents is 1. The monoisotopic (exact) mass is 624 g/mol. The van der Waals surface area contributed by atoms with Crippen LogP contribution in [-0.2, 0) is 9.59 Å². The molecule has 0 bridgehead atoms. The first-order chi connectivity index (χ1) is 21.7. The molecule has 0 aliphatic rings. The third kappa shape index (κ3) is 9.04. The molecule has 0 fully saturated rings. The molecule has 1 unspecified atom stereocenters. The van der Waals surface area contributed by atoms with Crippen LogP contribution in [0.5, 0.6) is 5.75 Å². The fourth-order valence-corrected chi connectivity index (χ4v) is 5.26. The number of rotatable bonds is 12. The largest absolute Gasteiger partial charge is 0.497 e. The van der Waals surface area contributed by atoms with Gasteiger partial charge < -0.3 is 20.7 Å². The van der Waals surface area contributed by atoms with Crippen LogP contribution in [-0.4, -0.2) is 35.0 Å². The van der Waals surface area contributed by atoms with Gasteiger partial charge in [-0.1, -0.05) is 49.4 Å². The summed E-state index contributed by atoms with van der Waals surface area (Å²) in [6, 6.07) is 27.0. The number of hydrogen-bond donors (Lipinski definition) is 3. The normalized spacial score (nSPS) is 11.7.